The number of benzene rings is 2. The first-order chi connectivity index (χ1) is 10.7. The second kappa shape index (κ2) is 5.77. The summed E-state index contributed by atoms with van der Waals surface area (Å²) in [6, 6.07) is 13.1. The lowest BCUT2D eigenvalue weighted by Crippen LogP contribution is -2.60. The predicted octanol–water partition coefficient (Wildman–Crippen LogP) is 2.94. The summed E-state index contributed by atoms with van der Waals surface area (Å²) in [5, 5.41) is 0. The second-order valence-corrected chi connectivity index (χ2v) is 5.06. The summed E-state index contributed by atoms with van der Waals surface area (Å²) in [6.45, 7) is 0. The first-order valence-electron chi connectivity index (χ1n) is 6.91. The first-order valence-corrected chi connectivity index (χ1v) is 6.91. The Kier molecular flexibility index (Phi) is 3.81. The third-order valence-electron chi connectivity index (χ3n) is 3.86. The number of carbonyl (C=O) groups excluding carboxylic acids is 1. The molecule has 0 aliphatic carbocycles. The molecule has 5 heteroatoms. The van der Waals surface area contributed by atoms with Gasteiger partial charge < -0.3 is 9.47 Å². The monoisotopic (exact) mass is 301 g/mol. The van der Waals surface area contributed by atoms with Gasteiger partial charge in [0.15, 0.2) is 6.10 Å². The smallest absolute Gasteiger partial charge is 0.259 e. The van der Waals surface area contributed by atoms with Gasteiger partial charge in [0.25, 0.3) is 5.91 Å². The second-order valence-electron chi connectivity index (χ2n) is 5.06. The van der Waals surface area contributed by atoms with Gasteiger partial charge in [0.2, 0.25) is 0 Å². The Balaban J connectivity index is 1.94. The molecule has 1 aliphatic heterocycles. The van der Waals surface area contributed by atoms with E-state index in [1.54, 1.807) is 36.3 Å². The van der Waals surface area contributed by atoms with Crippen LogP contribution in [-0.2, 0) is 9.53 Å². The summed E-state index contributed by atoms with van der Waals surface area (Å²) in [5.41, 5.74) is 1.59. The molecule has 0 aromatic heterocycles. The van der Waals surface area contributed by atoms with Crippen molar-refractivity contribution in [3.63, 3.8) is 0 Å². The van der Waals surface area contributed by atoms with Gasteiger partial charge >= 0.3 is 0 Å². The Hall–Kier alpha value is -2.40. The first kappa shape index (κ1) is 14.5. The van der Waals surface area contributed by atoms with E-state index in [9.17, 15) is 9.18 Å². The average Bonchev–Trinajstić information content (AvgIpc) is 2.55. The number of hydrogen-bond acceptors (Lipinski definition) is 3. The van der Waals surface area contributed by atoms with Crippen molar-refractivity contribution in [2.24, 2.45) is 0 Å². The number of β-lactam (4-membered cyclic amide) rings is 1. The maximum absolute atomic E-state index is 13.1. The molecular weight excluding hydrogens is 285 g/mol. The number of anilines is 1. The lowest BCUT2D eigenvalue weighted by Gasteiger charge is -2.46. The number of rotatable bonds is 4. The fraction of sp³-hybridized carbons (Fsp3) is 0.235. The highest BCUT2D eigenvalue weighted by Gasteiger charge is 2.49. The predicted molar refractivity (Wildman–Crippen MR) is 80.4 cm³/mol. The van der Waals surface area contributed by atoms with Crippen LogP contribution in [0.5, 0.6) is 5.75 Å². The lowest BCUT2D eigenvalue weighted by molar-refractivity contribution is -0.139. The van der Waals surface area contributed by atoms with Crippen LogP contribution in [0.1, 0.15) is 11.6 Å². The Morgan fingerprint density at radius 3 is 2.18 bits per heavy atom. The minimum absolute atomic E-state index is 0.109. The van der Waals surface area contributed by atoms with Gasteiger partial charge in [0.1, 0.15) is 11.6 Å². The molecule has 1 aliphatic rings. The van der Waals surface area contributed by atoms with E-state index in [4.69, 9.17) is 9.47 Å². The molecule has 2 aromatic rings. The van der Waals surface area contributed by atoms with Crippen molar-refractivity contribution in [1.29, 1.82) is 0 Å². The van der Waals surface area contributed by atoms with E-state index < -0.39 is 6.10 Å². The van der Waals surface area contributed by atoms with Gasteiger partial charge in [-0.05, 0) is 42.0 Å². The summed E-state index contributed by atoms with van der Waals surface area (Å²) < 4.78 is 23.5. The van der Waals surface area contributed by atoms with E-state index in [0.29, 0.717) is 0 Å². The molecule has 1 heterocycles. The zero-order valence-electron chi connectivity index (χ0n) is 12.3. The van der Waals surface area contributed by atoms with Gasteiger partial charge in [-0.25, -0.2) is 4.39 Å². The Morgan fingerprint density at radius 2 is 1.64 bits per heavy atom. The van der Waals surface area contributed by atoms with Crippen LogP contribution in [-0.4, -0.2) is 26.2 Å². The molecule has 4 nitrogen and oxygen atoms in total. The van der Waals surface area contributed by atoms with Gasteiger partial charge in [-0.3, -0.25) is 9.69 Å². The summed E-state index contributed by atoms with van der Waals surface area (Å²) in [7, 11) is 3.09. The molecule has 1 fully saturated rings. The van der Waals surface area contributed by atoms with E-state index in [-0.39, 0.29) is 17.8 Å². The fourth-order valence-electron chi connectivity index (χ4n) is 2.71. The van der Waals surface area contributed by atoms with Crippen molar-refractivity contribution >= 4 is 11.6 Å². The zero-order valence-corrected chi connectivity index (χ0v) is 12.3. The average molecular weight is 301 g/mol. The van der Waals surface area contributed by atoms with Crippen molar-refractivity contribution < 1.29 is 18.7 Å². The quantitative estimate of drug-likeness (QED) is 0.815. The van der Waals surface area contributed by atoms with Crippen LogP contribution in [0, 0.1) is 5.82 Å². The molecule has 22 heavy (non-hydrogen) atoms. The molecular formula is C17H16FNO3. The molecule has 0 bridgehead atoms. The molecule has 2 unspecified atom stereocenters. The minimum atomic E-state index is -0.549. The van der Waals surface area contributed by atoms with Crippen LogP contribution in [0.25, 0.3) is 0 Å². The van der Waals surface area contributed by atoms with Crippen LogP contribution in [0.3, 0.4) is 0 Å². The number of nitrogens with zero attached hydrogens (tertiary/aromatic N) is 1. The third-order valence-corrected chi connectivity index (χ3v) is 3.86. The summed E-state index contributed by atoms with van der Waals surface area (Å²) >= 11 is 0. The largest absolute Gasteiger partial charge is 0.497 e. The molecule has 0 N–H and O–H groups in total. The number of halogens is 1. The highest BCUT2D eigenvalue weighted by atomic mass is 19.1. The fourth-order valence-corrected chi connectivity index (χ4v) is 2.71. The lowest BCUT2D eigenvalue weighted by atomic mass is 9.89. The van der Waals surface area contributed by atoms with E-state index >= 15 is 0 Å². The van der Waals surface area contributed by atoms with Crippen LogP contribution >= 0.6 is 0 Å². The zero-order chi connectivity index (χ0) is 15.7. The van der Waals surface area contributed by atoms with Gasteiger partial charge in [0, 0.05) is 12.8 Å². The molecule has 2 aromatic carbocycles. The molecule has 0 saturated carbocycles. The Labute approximate surface area is 128 Å². The number of ether oxygens (including phenoxy) is 2. The summed E-state index contributed by atoms with van der Waals surface area (Å²) in [4.78, 5) is 13.9. The summed E-state index contributed by atoms with van der Waals surface area (Å²) in [5.74, 6) is 0.305. The molecule has 3 rings (SSSR count). The van der Waals surface area contributed by atoms with Crippen LogP contribution in [0.4, 0.5) is 10.1 Å². The normalized spacial score (nSPS) is 20.7. The van der Waals surface area contributed by atoms with Crippen LogP contribution in [0.15, 0.2) is 48.5 Å². The molecule has 0 radical (unpaired) electrons. The highest BCUT2D eigenvalue weighted by Crippen LogP contribution is 2.40. The molecule has 2 atom stereocenters. The maximum atomic E-state index is 13.1. The van der Waals surface area contributed by atoms with Gasteiger partial charge in [-0.2, -0.15) is 0 Å². The SMILES string of the molecule is COc1ccc(N2C(=O)C(OC)C2c2ccc(F)cc2)cc1. The maximum Gasteiger partial charge on any atom is 0.259 e. The number of hydrogen-bond donors (Lipinski definition) is 0. The Morgan fingerprint density at radius 1 is 1.00 bits per heavy atom. The van der Waals surface area contributed by atoms with Crippen LogP contribution < -0.4 is 9.64 Å². The third kappa shape index (κ3) is 2.33. The summed E-state index contributed by atoms with van der Waals surface area (Å²) in [6.07, 6.45) is -0.549. The number of methoxy groups -OCH3 is 2. The Bertz CT molecular complexity index is 669. The molecule has 114 valence electrons. The van der Waals surface area contributed by atoms with Crippen molar-refractivity contribution in [2.75, 3.05) is 19.1 Å². The van der Waals surface area contributed by atoms with Crippen LogP contribution in [0.2, 0.25) is 0 Å². The topological polar surface area (TPSA) is 38.8 Å². The molecule has 0 spiro atoms. The van der Waals surface area contributed by atoms with E-state index in [1.807, 2.05) is 12.1 Å². The van der Waals surface area contributed by atoms with Crippen molar-refractivity contribution in [3.05, 3.63) is 59.9 Å². The van der Waals surface area contributed by atoms with Gasteiger partial charge in [0.05, 0.1) is 13.2 Å². The standard InChI is InChI=1S/C17H16FNO3/c1-21-14-9-7-13(8-10-14)19-15(16(22-2)17(19)20)11-3-5-12(18)6-4-11/h3-10,15-16H,1-2H3. The number of amides is 1. The van der Waals surface area contributed by atoms with Crippen molar-refractivity contribution in [2.45, 2.75) is 12.1 Å². The molecule has 1 saturated heterocycles. The highest BCUT2D eigenvalue weighted by molar-refractivity contribution is 6.05. The van der Waals surface area contributed by atoms with E-state index in [1.165, 1.54) is 19.2 Å². The van der Waals surface area contributed by atoms with E-state index in [0.717, 1.165) is 17.0 Å². The number of carbonyl (C=O) groups is 1. The van der Waals surface area contributed by atoms with Crippen molar-refractivity contribution in [1.82, 2.24) is 0 Å². The molecule has 1 amide bonds. The van der Waals surface area contributed by atoms with Gasteiger partial charge in [-0.15, -0.1) is 0 Å². The minimum Gasteiger partial charge on any atom is -0.497 e. The van der Waals surface area contributed by atoms with E-state index in [2.05, 4.69) is 0 Å². The van der Waals surface area contributed by atoms with Gasteiger partial charge in [-0.1, -0.05) is 12.1 Å². The van der Waals surface area contributed by atoms with Crippen molar-refractivity contribution in [3.8, 4) is 5.75 Å².